The molecule has 0 saturated heterocycles. The SMILES string of the molecule is COc1cc(OC)c2c(c1)OC(C)(C)C2=O. The molecule has 1 aliphatic rings. The summed E-state index contributed by atoms with van der Waals surface area (Å²) < 4.78 is 15.9. The van der Waals surface area contributed by atoms with E-state index in [1.54, 1.807) is 33.1 Å². The quantitative estimate of drug-likeness (QED) is 0.768. The summed E-state index contributed by atoms with van der Waals surface area (Å²) in [6, 6.07) is 3.38. The van der Waals surface area contributed by atoms with Crippen molar-refractivity contribution in [3.8, 4) is 17.2 Å². The van der Waals surface area contributed by atoms with Crippen LogP contribution in [0.3, 0.4) is 0 Å². The van der Waals surface area contributed by atoms with Crippen LogP contribution in [-0.2, 0) is 0 Å². The number of carbonyl (C=O) groups is 1. The number of methoxy groups -OCH3 is 2. The minimum Gasteiger partial charge on any atom is -0.496 e. The molecule has 0 unspecified atom stereocenters. The fourth-order valence-electron chi connectivity index (χ4n) is 1.77. The van der Waals surface area contributed by atoms with E-state index in [2.05, 4.69) is 0 Å². The van der Waals surface area contributed by atoms with Crippen LogP contribution in [0.5, 0.6) is 17.2 Å². The number of rotatable bonds is 2. The van der Waals surface area contributed by atoms with Crippen LogP contribution in [0.15, 0.2) is 12.1 Å². The highest BCUT2D eigenvalue weighted by Crippen LogP contribution is 2.42. The number of fused-ring (bicyclic) bond motifs is 1. The van der Waals surface area contributed by atoms with Crippen LogP contribution in [-0.4, -0.2) is 25.6 Å². The molecule has 0 amide bonds. The molecule has 0 spiro atoms. The molecule has 0 aliphatic carbocycles. The van der Waals surface area contributed by atoms with Crippen LogP contribution in [0.4, 0.5) is 0 Å². The van der Waals surface area contributed by atoms with E-state index in [1.807, 2.05) is 0 Å². The van der Waals surface area contributed by atoms with E-state index >= 15 is 0 Å². The van der Waals surface area contributed by atoms with Crippen molar-refractivity contribution in [3.63, 3.8) is 0 Å². The first-order chi connectivity index (χ1) is 7.49. The summed E-state index contributed by atoms with van der Waals surface area (Å²) in [6.07, 6.45) is 0. The molecule has 0 radical (unpaired) electrons. The molecule has 16 heavy (non-hydrogen) atoms. The van der Waals surface area contributed by atoms with Crippen LogP contribution in [0.25, 0.3) is 0 Å². The van der Waals surface area contributed by atoms with Crippen LogP contribution in [0, 0.1) is 0 Å². The van der Waals surface area contributed by atoms with Crippen molar-refractivity contribution in [2.75, 3.05) is 14.2 Å². The summed E-state index contributed by atoms with van der Waals surface area (Å²) in [7, 11) is 3.08. The van der Waals surface area contributed by atoms with E-state index < -0.39 is 5.60 Å². The fourth-order valence-corrected chi connectivity index (χ4v) is 1.77. The lowest BCUT2D eigenvalue weighted by atomic mass is 9.99. The lowest BCUT2D eigenvalue weighted by Gasteiger charge is -2.14. The number of hydrogen-bond donors (Lipinski definition) is 0. The highest BCUT2D eigenvalue weighted by Gasteiger charge is 2.42. The summed E-state index contributed by atoms with van der Waals surface area (Å²) in [4.78, 5) is 12.1. The molecule has 86 valence electrons. The van der Waals surface area contributed by atoms with Gasteiger partial charge in [0.15, 0.2) is 5.60 Å². The van der Waals surface area contributed by atoms with E-state index in [1.165, 1.54) is 7.11 Å². The van der Waals surface area contributed by atoms with E-state index in [4.69, 9.17) is 14.2 Å². The number of ketones is 1. The zero-order valence-corrected chi connectivity index (χ0v) is 9.79. The first kappa shape index (κ1) is 10.8. The average Bonchev–Trinajstić information content (AvgIpc) is 2.48. The molecule has 1 heterocycles. The van der Waals surface area contributed by atoms with Gasteiger partial charge < -0.3 is 14.2 Å². The molecule has 1 aromatic rings. The number of ether oxygens (including phenoxy) is 3. The Morgan fingerprint density at radius 2 is 1.88 bits per heavy atom. The molecule has 4 nitrogen and oxygen atoms in total. The maximum atomic E-state index is 12.1. The average molecular weight is 222 g/mol. The Balaban J connectivity index is 2.61. The second-order valence-corrected chi connectivity index (χ2v) is 4.14. The summed E-state index contributed by atoms with van der Waals surface area (Å²) in [6.45, 7) is 3.47. The van der Waals surface area contributed by atoms with Crippen molar-refractivity contribution in [3.05, 3.63) is 17.7 Å². The number of benzene rings is 1. The van der Waals surface area contributed by atoms with Crippen LogP contribution < -0.4 is 14.2 Å². The normalized spacial score (nSPS) is 16.6. The standard InChI is InChI=1S/C12H14O4/c1-12(2)11(13)10-8(15-4)5-7(14-3)6-9(10)16-12/h5-6H,1-4H3. The van der Waals surface area contributed by atoms with Crippen molar-refractivity contribution in [2.24, 2.45) is 0 Å². The molecule has 1 aromatic carbocycles. The first-order valence-corrected chi connectivity index (χ1v) is 4.99. The molecule has 1 aliphatic heterocycles. The summed E-state index contributed by atoms with van der Waals surface area (Å²) in [5.41, 5.74) is -0.338. The van der Waals surface area contributed by atoms with E-state index in [0.29, 0.717) is 22.8 Å². The highest BCUT2D eigenvalue weighted by molar-refractivity contribution is 6.09. The maximum absolute atomic E-state index is 12.1. The third-order valence-electron chi connectivity index (χ3n) is 2.63. The van der Waals surface area contributed by atoms with Crippen molar-refractivity contribution in [1.29, 1.82) is 0 Å². The summed E-state index contributed by atoms with van der Waals surface area (Å²) in [5, 5.41) is 0. The van der Waals surface area contributed by atoms with Gasteiger partial charge in [-0.25, -0.2) is 0 Å². The number of Topliss-reactive ketones (excluding diaryl/α,β-unsaturated/α-hetero) is 1. The van der Waals surface area contributed by atoms with Crippen molar-refractivity contribution >= 4 is 5.78 Å². The second kappa shape index (κ2) is 3.40. The maximum Gasteiger partial charge on any atom is 0.213 e. The third-order valence-corrected chi connectivity index (χ3v) is 2.63. The predicted octanol–water partition coefficient (Wildman–Crippen LogP) is 2.06. The van der Waals surface area contributed by atoms with Gasteiger partial charge in [0.1, 0.15) is 22.8 Å². The Morgan fingerprint density at radius 1 is 1.19 bits per heavy atom. The van der Waals surface area contributed by atoms with Crippen LogP contribution >= 0.6 is 0 Å². The molecule has 0 N–H and O–H groups in total. The van der Waals surface area contributed by atoms with Gasteiger partial charge in [0, 0.05) is 12.1 Å². The smallest absolute Gasteiger partial charge is 0.213 e. The summed E-state index contributed by atoms with van der Waals surface area (Å²) >= 11 is 0. The zero-order chi connectivity index (χ0) is 11.9. The molecule has 0 fully saturated rings. The predicted molar refractivity (Wildman–Crippen MR) is 58.6 cm³/mol. The van der Waals surface area contributed by atoms with Gasteiger partial charge in [-0.1, -0.05) is 0 Å². The largest absolute Gasteiger partial charge is 0.496 e. The first-order valence-electron chi connectivity index (χ1n) is 4.99. The molecule has 0 atom stereocenters. The van der Waals surface area contributed by atoms with Gasteiger partial charge in [-0.05, 0) is 13.8 Å². The van der Waals surface area contributed by atoms with Crippen molar-refractivity contribution < 1.29 is 19.0 Å². The van der Waals surface area contributed by atoms with Crippen LogP contribution in [0.1, 0.15) is 24.2 Å². The molecule has 0 bridgehead atoms. The molecule has 0 saturated carbocycles. The molecule has 2 rings (SSSR count). The minimum atomic E-state index is -0.831. The molecular weight excluding hydrogens is 208 g/mol. The zero-order valence-electron chi connectivity index (χ0n) is 9.79. The van der Waals surface area contributed by atoms with E-state index in [-0.39, 0.29) is 5.78 Å². The fraction of sp³-hybridized carbons (Fsp3) is 0.417. The van der Waals surface area contributed by atoms with Crippen molar-refractivity contribution in [1.82, 2.24) is 0 Å². The van der Waals surface area contributed by atoms with Gasteiger partial charge in [-0.3, -0.25) is 4.79 Å². The highest BCUT2D eigenvalue weighted by atomic mass is 16.5. The Bertz CT molecular complexity index is 449. The summed E-state index contributed by atoms with van der Waals surface area (Å²) in [5.74, 6) is 1.55. The monoisotopic (exact) mass is 222 g/mol. The van der Waals surface area contributed by atoms with Gasteiger partial charge in [0.2, 0.25) is 5.78 Å². The third kappa shape index (κ3) is 1.41. The van der Waals surface area contributed by atoms with Gasteiger partial charge >= 0.3 is 0 Å². The minimum absolute atomic E-state index is 0.0676. The van der Waals surface area contributed by atoms with Gasteiger partial charge in [-0.15, -0.1) is 0 Å². The molecule has 4 heteroatoms. The molecular formula is C12H14O4. The van der Waals surface area contributed by atoms with Crippen LogP contribution in [0.2, 0.25) is 0 Å². The Kier molecular flexibility index (Phi) is 2.30. The molecule has 0 aromatic heterocycles. The Hall–Kier alpha value is -1.71. The Labute approximate surface area is 94.1 Å². The van der Waals surface area contributed by atoms with E-state index in [9.17, 15) is 4.79 Å². The number of hydrogen-bond acceptors (Lipinski definition) is 4. The lowest BCUT2D eigenvalue weighted by molar-refractivity contribution is 0.0683. The lowest BCUT2D eigenvalue weighted by Crippen LogP contribution is -2.32. The van der Waals surface area contributed by atoms with Gasteiger partial charge in [-0.2, -0.15) is 0 Å². The van der Waals surface area contributed by atoms with Gasteiger partial charge in [0.25, 0.3) is 0 Å². The number of carbonyl (C=O) groups excluding carboxylic acids is 1. The van der Waals surface area contributed by atoms with E-state index in [0.717, 1.165) is 0 Å². The second-order valence-electron chi connectivity index (χ2n) is 4.14. The Morgan fingerprint density at radius 3 is 2.44 bits per heavy atom. The van der Waals surface area contributed by atoms with Gasteiger partial charge in [0.05, 0.1) is 14.2 Å². The van der Waals surface area contributed by atoms with Crippen molar-refractivity contribution in [2.45, 2.75) is 19.4 Å². The topological polar surface area (TPSA) is 44.8 Å².